The van der Waals surface area contributed by atoms with E-state index >= 15 is 0 Å². The Labute approximate surface area is 167 Å². The van der Waals surface area contributed by atoms with E-state index in [2.05, 4.69) is 24.8 Å². The van der Waals surface area contributed by atoms with E-state index in [0.717, 1.165) is 24.3 Å². The first-order valence-electron chi connectivity index (χ1n) is 10.7. The number of rotatable bonds is 15. The molecule has 0 heterocycles. The first-order chi connectivity index (χ1) is 13.4. The monoisotopic (exact) mass is 370 g/mol. The van der Waals surface area contributed by atoms with E-state index < -0.39 is 0 Å². The van der Waals surface area contributed by atoms with E-state index in [0.29, 0.717) is 6.61 Å². The maximum Gasteiger partial charge on any atom is 0.120 e. The summed E-state index contributed by atoms with van der Waals surface area (Å²) in [5.41, 5.74) is 0. The minimum Gasteiger partial charge on any atom is -0.497 e. The van der Waals surface area contributed by atoms with Crippen LogP contribution in [0, 0.1) is 11.8 Å². The second-order valence-electron chi connectivity index (χ2n) is 6.95. The molecule has 0 atom stereocenters. The standard InChI is InChI=1S/C25H38O2/c1-3-4-5-6-7-8-9-10-11-12-13-14-15-16-17-18-23-27-25-21-19-24(26-2)20-22-25/h17-22H,3-13,16,23H2,1-2H3/b18-17+. The van der Waals surface area contributed by atoms with Gasteiger partial charge < -0.3 is 9.47 Å². The van der Waals surface area contributed by atoms with Gasteiger partial charge in [-0.3, -0.25) is 0 Å². The summed E-state index contributed by atoms with van der Waals surface area (Å²) < 4.78 is 10.8. The van der Waals surface area contributed by atoms with E-state index in [9.17, 15) is 0 Å². The third-order valence-corrected chi connectivity index (χ3v) is 4.57. The topological polar surface area (TPSA) is 18.5 Å². The largest absolute Gasteiger partial charge is 0.497 e. The summed E-state index contributed by atoms with van der Waals surface area (Å²) in [6, 6.07) is 7.63. The lowest BCUT2D eigenvalue weighted by molar-refractivity contribution is 0.360. The average molecular weight is 371 g/mol. The van der Waals surface area contributed by atoms with Crippen LogP contribution in [0.15, 0.2) is 36.4 Å². The Hall–Kier alpha value is -1.88. The number of ether oxygens (including phenoxy) is 2. The van der Waals surface area contributed by atoms with Crippen LogP contribution < -0.4 is 9.47 Å². The number of benzene rings is 1. The molecule has 1 rings (SSSR count). The highest BCUT2D eigenvalue weighted by Gasteiger charge is 1.93. The molecule has 2 heteroatoms. The summed E-state index contributed by atoms with van der Waals surface area (Å²) in [4.78, 5) is 0. The summed E-state index contributed by atoms with van der Waals surface area (Å²) in [7, 11) is 1.66. The predicted octanol–water partition coefficient (Wildman–Crippen LogP) is 7.33. The molecule has 0 fully saturated rings. The Morgan fingerprint density at radius 1 is 0.741 bits per heavy atom. The molecule has 0 radical (unpaired) electrons. The van der Waals surface area contributed by atoms with Gasteiger partial charge in [0.15, 0.2) is 0 Å². The number of hydrogen-bond acceptors (Lipinski definition) is 2. The number of hydrogen-bond donors (Lipinski definition) is 0. The number of unbranched alkanes of at least 4 members (excludes halogenated alkanes) is 10. The maximum absolute atomic E-state index is 5.63. The maximum atomic E-state index is 5.63. The van der Waals surface area contributed by atoms with Gasteiger partial charge in [-0.25, -0.2) is 0 Å². The van der Waals surface area contributed by atoms with Gasteiger partial charge in [-0.15, -0.1) is 5.92 Å². The molecule has 27 heavy (non-hydrogen) atoms. The van der Waals surface area contributed by atoms with Crippen LogP contribution in [0.2, 0.25) is 0 Å². The first-order valence-corrected chi connectivity index (χ1v) is 10.7. The molecule has 0 aliphatic heterocycles. The Kier molecular flexibility index (Phi) is 15.0. The summed E-state index contributed by atoms with van der Waals surface area (Å²) in [6.45, 7) is 2.85. The molecule has 0 unspecified atom stereocenters. The van der Waals surface area contributed by atoms with Crippen LogP contribution in [0.1, 0.15) is 84.0 Å². The van der Waals surface area contributed by atoms with Gasteiger partial charge in [-0.2, -0.15) is 0 Å². The van der Waals surface area contributed by atoms with Crippen molar-refractivity contribution in [3.05, 3.63) is 36.4 Å². The second kappa shape index (κ2) is 17.5. The Morgan fingerprint density at radius 3 is 1.96 bits per heavy atom. The Balaban J connectivity index is 1.89. The molecule has 2 nitrogen and oxygen atoms in total. The molecule has 0 aliphatic rings. The number of methoxy groups -OCH3 is 1. The van der Waals surface area contributed by atoms with Crippen molar-refractivity contribution in [1.29, 1.82) is 0 Å². The highest BCUT2D eigenvalue weighted by Crippen LogP contribution is 2.16. The van der Waals surface area contributed by atoms with Crippen molar-refractivity contribution in [1.82, 2.24) is 0 Å². The van der Waals surface area contributed by atoms with Crippen molar-refractivity contribution in [3.8, 4) is 23.3 Å². The molecule has 0 bridgehead atoms. The molecule has 0 saturated heterocycles. The van der Waals surface area contributed by atoms with Crippen LogP contribution >= 0.6 is 0 Å². The first kappa shape index (κ1) is 23.2. The minimum absolute atomic E-state index is 0.576. The second-order valence-corrected chi connectivity index (χ2v) is 6.95. The molecule has 0 N–H and O–H groups in total. The van der Waals surface area contributed by atoms with Crippen molar-refractivity contribution >= 4 is 0 Å². The molecule has 150 valence electrons. The third-order valence-electron chi connectivity index (χ3n) is 4.57. The van der Waals surface area contributed by atoms with Gasteiger partial charge in [0.25, 0.3) is 0 Å². The van der Waals surface area contributed by atoms with Gasteiger partial charge in [0.2, 0.25) is 0 Å². The van der Waals surface area contributed by atoms with Gasteiger partial charge in [-0.05, 0) is 30.7 Å². The van der Waals surface area contributed by atoms with Crippen molar-refractivity contribution in [2.45, 2.75) is 84.0 Å². The lowest BCUT2D eigenvalue weighted by atomic mass is 10.1. The van der Waals surface area contributed by atoms with Crippen LogP contribution in [0.3, 0.4) is 0 Å². The van der Waals surface area contributed by atoms with E-state index in [1.165, 1.54) is 64.2 Å². The van der Waals surface area contributed by atoms with Crippen LogP contribution in [0.25, 0.3) is 0 Å². The van der Waals surface area contributed by atoms with E-state index in [-0.39, 0.29) is 0 Å². The van der Waals surface area contributed by atoms with Crippen molar-refractivity contribution in [2.24, 2.45) is 0 Å². The lowest BCUT2D eigenvalue weighted by Crippen LogP contribution is -1.93. The van der Waals surface area contributed by atoms with E-state index in [1.807, 2.05) is 30.3 Å². The highest BCUT2D eigenvalue weighted by molar-refractivity contribution is 5.31. The fraction of sp³-hybridized carbons (Fsp3) is 0.600. The van der Waals surface area contributed by atoms with Crippen LogP contribution in [0.5, 0.6) is 11.5 Å². The van der Waals surface area contributed by atoms with Crippen LogP contribution in [0.4, 0.5) is 0 Å². The summed E-state index contributed by atoms with van der Waals surface area (Å²) in [6.07, 6.45) is 19.7. The smallest absolute Gasteiger partial charge is 0.120 e. The fourth-order valence-electron chi connectivity index (χ4n) is 2.89. The van der Waals surface area contributed by atoms with Gasteiger partial charge in [-0.1, -0.05) is 82.8 Å². The molecular weight excluding hydrogens is 332 g/mol. The molecule has 0 saturated carbocycles. The zero-order valence-electron chi connectivity index (χ0n) is 17.5. The van der Waals surface area contributed by atoms with Crippen molar-refractivity contribution in [2.75, 3.05) is 13.7 Å². The normalized spacial score (nSPS) is 10.6. The molecule has 1 aromatic carbocycles. The molecular formula is C25H38O2. The van der Waals surface area contributed by atoms with Gasteiger partial charge in [0, 0.05) is 12.8 Å². The van der Waals surface area contributed by atoms with Crippen LogP contribution in [-0.2, 0) is 0 Å². The summed E-state index contributed by atoms with van der Waals surface area (Å²) in [5.74, 6) is 8.19. The summed E-state index contributed by atoms with van der Waals surface area (Å²) in [5, 5.41) is 0. The SMILES string of the molecule is CCCCCCCCCCCCC#CC/C=C/COc1ccc(OC)cc1. The zero-order valence-corrected chi connectivity index (χ0v) is 17.5. The summed E-state index contributed by atoms with van der Waals surface area (Å²) >= 11 is 0. The Morgan fingerprint density at radius 2 is 1.33 bits per heavy atom. The molecule has 0 aromatic heterocycles. The molecule has 0 amide bonds. The zero-order chi connectivity index (χ0) is 19.4. The van der Waals surface area contributed by atoms with E-state index in [4.69, 9.17) is 9.47 Å². The third kappa shape index (κ3) is 13.9. The van der Waals surface area contributed by atoms with Crippen LogP contribution in [-0.4, -0.2) is 13.7 Å². The Bertz CT molecular complexity index is 534. The molecule has 1 aromatic rings. The average Bonchev–Trinajstić information content (AvgIpc) is 2.70. The molecule has 0 spiro atoms. The minimum atomic E-state index is 0.576. The van der Waals surface area contributed by atoms with Gasteiger partial charge >= 0.3 is 0 Å². The van der Waals surface area contributed by atoms with Crippen molar-refractivity contribution in [3.63, 3.8) is 0 Å². The van der Waals surface area contributed by atoms with Gasteiger partial charge in [0.1, 0.15) is 18.1 Å². The fourth-order valence-corrected chi connectivity index (χ4v) is 2.89. The van der Waals surface area contributed by atoms with Gasteiger partial charge in [0.05, 0.1) is 7.11 Å². The van der Waals surface area contributed by atoms with Crippen molar-refractivity contribution < 1.29 is 9.47 Å². The number of allylic oxidation sites excluding steroid dienone is 1. The lowest BCUT2D eigenvalue weighted by Gasteiger charge is -2.03. The molecule has 0 aliphatic carbocycles. The van der Waals surface area contributed by atoms with E-state index in [1.54, 1.807) is 7.11 Å². The quantitative estimate of drug-likeness (QED) is 0.183. The highest BCUT2D eigenvalue weighted by atomic mass is 16.5. The predicted molar refractivity (Wildman–Crippen MR) is 116 cm³/mol.